The zero-order valence-electron chi connectivity index (χ0n) is 21.6. The molecule has 5 heterocycles. The molecular weight excluding hydrogens is 462 g/mol. The minimum atomic E-state index is -0.515. The van der Waals surface area contributed by atoms with Crippen molar-refractivity contribution in [1.82, 2.24) is 24.3 Å². The highest BCUT2D eigenvalue weighted by molar-refractivity contribution is 5.90. The van der Waals surface area contributed by atoms with Gasteiger partial charge < -0.3 is 29.6 Å². The molecule has 1 unspecified atom stereocenters. The maximum atomic E-state index is 10.1. The van der Waals surface area contributed by atoms with Crippen molar-refractivity contribution in [2.75, 3.05) is 42.9 Å². The SMILES string of the molecule is CCN1CCN(c2ccc(Nc3cc(-c4ccc5c(C(C)O)c[nH]c5c4)c(C)n4ccnc34)nc2)CC1. The number of rotatable bonds is 6. The summed E-state index contributed by atoms with van der Waals surface area (Å²) < 4.78 is 2.11. The number of aliphatic hydroxyl groups is 1. The number of imidazole rings is 1. The standard InChI is InChI=1S/C29H33N7O/c1-4-34-11-13-35(14-12-34)22-6-8-28(32-17-22)33-27-16-24(19(2)36-10-9-30-29(27)36)21-5-7-23-25(20(3)37)18-31-26(23)15-21/h5-10,15-18,20,31,37H,4,11-14H2,1-3H3,(H,32,33). The van der Waals surface area contributed by atoms with Crippen LogP contribution in [-0.4, -0.2) is 62.1 Å². The summed E-state index contributed by atoms with van der Waals surface area (Å²) >= 11 is 0. The number of pyridine rings is 2. The number of fused-ring (bicyclic) bond motifs is 2. The third-order valence-electron chi connectivity index (χ3n) is 7.59. The molecule has 1 aromatic carbocycles. The van der Waals surface area contributed by atoms with E-state index in [-0.39, 0.29) is 0 Å². The number of aromatic nitrogens is 4. The van der Waals surface area contributed by atoms with Crippen LogP contribution in [0, 0.1) is 6.92 Å². The van der Waals surface area contributed by atoms with Crippen LogP contribution in [0.15, 0.2) is 61.2 Å². The van der Waals surface area contributed by atoms with Crippen molar-refractivity contribution < 1.29 is 5.11 Å². The van der Waals surface area contributed by atoms with Gasteiger partial charge in [0.15, 0.2) is 5.65 Å². The predicted molar refractivity (Wildman–Crippen MR) is 150 cm³/mol. The predicted octanol–water partition coefficient (Wildman–Crippen LogP) is 5.12. The van der Waals surface area contributed by atoms with E-state index >= 15 is 0 Å². The normalized spacial score (nSPS) is 15.5. The molecule has 37 heavy (non-hydrogen) atoms. The van der Waals surface area contributed by atoms with Crippen LogP contribution in [0.2, 0.25) is 0 Å². The monoisotopic (exact) mass is 495 g/mol. The van der Waals surface area contributed by atoms with Crippen molar-refractivity contribution in [3.63, 3.8) is 0 Å². The summed E-state index contributed by atoms with van der Waals surface area (Å²) in [6.07, 6.45) is 7.15. The topological polar surface area (TPSA) is 84.7 Å². The zero-order chi connectivity index (χ0) is 25.5. The summed E-state index contributed by atoms with van der Waals surface area (Å²) in [5.74, 6) is 0.789. The summed E-state index contributed by atoms with van der Waals surface area (Å²) in [5.41, 5.74) is 8.14. The number of aromatic amines is 1. The molecule has 1 fully saturated rings. The van der Waals surface area contributed by atoms with Crippen molar-refractivity contribution in [2.24, 2.45) is 0 Å². The van der Waals surface area contributed by atoms with Crippen LogP contribution < -0.4 is 10.2 Å². The number of H-pyrrole nitrogens is 1. The Morgan fingerprint density at radius 2 is 1.92 bits per heavy atom. The second-order valence-electron chi connectivity index (χ2n) is 9.81. The Bertz CT molecular complexity index is 1540. The molecule has 190 valence electrons. The second kappa shape index (κ2) is 9.53. The van der Waals surface area contributed by atoms with Gasteiger partial charge in [-0.25, -0.2) is 9.97 Å². The Hall–Kier alpha value is -3.88. The van der Waals surface area contributed by atoms with Crippen LogP contribution in [0.25, 0.3) is 27.7 Å². The average Bonchev–Trinajstić information content (AvgIpc) is 3.59. The fourth-order valence-corrected chi connectivity index (χ4v) is 5.37. The molecule has 1 aliphatic rings. The summed E-state index contributed by atoms with van der Waals surface area (Å²) in [6, 6.07) is 12.7. The maximum Gasteiger partial charge on any atom is 0.160 e. The molecule has 1 saturated heterocycles. The number of piperazine rings is 1. The molecule has 8 heteroatoms. The lowest BCUT2D eigenvalue weighted by Crippen LogP contribution is -2.46. The quantitative estimate of drug-likeness (QED) is 0.303. The van der Waals surface area contributed by atoms with Crippen molar-refractivity contribution in [1.29, 1.82) is 0 Å². The van der Waals surface area contributed by atoms with Gasteiger partial charge in [0.2, 0.25) is 0 Å². The summed E-state index contributed by atoms with van der Waals surface area (Å²) in [4.78, 5) is 17.5. The van der Waals surface area contributed by atoms with E-state index < -0.39 is 6.10 Å². The molecule has 0 radical (unpaired) electrons. The van der Waals surface area contributed by atoms with E-state index in [1.807, 2.05) is 30.9 Å². The zero-order valence-corrected chi connectivity index (χ0v) is 21.6. The lowest BCUT2D eigenvalue weighted by Gasteiger charge is -2.35. The van der Waals surface area contributed by atoms with Crippen LogP contribution in [0.1, 0.15) is 31.2 Å². The van der Waals surface area contributed by atoms with E-state index in [4.69, 9.17) is 4.98 Å². The first-order chi connectivity index (χ1) is 18.0. The van der Waals surface area contributed by atoms with E-state index in [1.54, 1.807) is 6.92 Å². The summed E-state index contributed by atoms with van der Waals surface area (Å²) in [5, 5.41) is 14.6. The second-order valence-corrected chi connectivity index (χ2v) is 9.81. The van der Waals surface area contributed by atoms with Gasteiger partial charge in [-0.2, -0.15) is 0 Å². The number of aryl methyl sites for hydroxylation is 1. The van der Waals surface area contributed by atoms with Crippen LogP contribution >= 0.6 is 0 Å². The van der Waals surface area contributed by atoms with E-state index in [9.17, 15) is 5.11 Å². The summed E-state index contributed by atoms with van der Waals surface area (Å²) in [7, 11) is 0. The molecule has 4 aromatic heterocycles. The van der Waals surface area contributed by atoms with Gasteiger partial charge in [-0.05, 0) is 50.2 Å². The molecule has 5 aromatic rings. The van der Waals surface area contributed by atoms with Gasteiger partial charge in [0.25, 0.3) is 0 Å². The van der Waals surface area contributed by atoms with Crippen LogP contribution in [0.4, 0.5) is 17.2 Å². The molecule has 0 amide bonds. The molecule has 8 nitrogen and oxygen atoms in total. The first kappa shape index (κ1) is 23.5. The van der Waals surface area contributed by atoms with Crippen molar-refractivity contribution >= 4 is 33.7 Å². The highest BCUT2D eigenvalue weighted by Gasteiger charge is 2.17. The minimum absolute atomic E-state index is 0.515. The van der Waals surface area contributed by atoms with Gasteiger partial charge in [-0.3, -0.25) is 0 Å². The Morgan fingerprint density at radius 3 is 2.65 bits per heavy atom. The molecular formula is C29H33N7O. The van der Waals surface area contributed by atoms with Crippen molar-refractivity contribution in [3.05, 3.63) is 72.4 Å². The molecule has 1 atom stereocenters. The van der Waals surface area contributed by atoms with Gasteiger partial charge >= 0.3 is 0 Å². The van der Waals surface area contributed by atoms with E-state index in [1.165, 1.54) is 0 Å². The third kappa shape index (κ3) is 4.32. The van der Waals surface area contributed by atoms with Gasteiger partial charge in [0.1, 0.15) is 5.82 Å². The number of aliphatic hydroxyl groups excluding tert-OH is 1. The maximum absolute atomic E-state index is 10.1. The molecule has 0 aliphatic carbocycles. The number of hydrogen-bond acceptors (Lipinski definition) is 6. The van der Waals surface area contributed by atoms with Crippen molar-refractivity contribution in [2.45, 2.75) is 26.9 Å². The third-order valence-corrected chi connectivity index (χ3v) is 7.59. The molecule has 0 saturated carbocycles. The Labute approximate surface area is 216 Å². The van der Waals surface area contributed by atoms with E-state index in [2.05, 4.69) is 73.7 Å². The van der Waals surface area contributed by atoms with Gasteiger partial charge in [0, 0.05) is 72.5 Å². The minimum Gasteiger partial charge on any atom is -0.389 e. The number of benzene rings is 1. The van der Waals surface area contributed by atoms with Gasteiger partial charge in [-0.15, -0.1) is 0 Å². The number of nitrogens with one attached hydrogen (secondary N) is 2. The molecule has 0 spiro atoms. The van der Waals surface area contributed by atoms with E-state index in [0.717, 1.165) is 88.9 Å². The van der Waals surface area contributed by atoms with Gasteiger partial charge in [-0.1, -0.05) is 19.1 Å². The highest BCUT2D eigenvalue weighted by Crippen LogP contribution is 2.34. The number of likely N-dealkylation sites (N-methyl/N-ethyl adjacent to an activating group) is 1. The molecule has 6 rings (SSSR count). The Balaban J connectivity index is 1.31. The fourth-order valence-electron chi connectivity index (χ4n) is 5.37. The van der Waals surface area contributed by atoms with Crippen LogP contribution in [0.3, 0.4) is 0 Å². The van der Waals surface area contributed by atoms with E-state index in [0.29, 0.717) is 0 Å². The highest BCUT2D eigenvalue weighted by atomic mass is 16.3. The lowest BCUT2D eigenvalue weighted by atomic mass is 10.0. The molecule has 3 N–H and O–H groups in total. The molecule has 1 aliphatic heterocycles. The fraction of sp³-hybridized carbons (Fsp3) is 0.310. The number of anilines is 3. The average molecular weight is 496 g/mol. The molecule has 0 bridgehead atoms. The van der Waals surface area contributed by atoms with Crippen molar-refractivity contribution in [3.8, 4) is 11.1 Å². The Kier molecular flexibility index (Phi) is 6.06. The lowest BCUT2D eigenvalue weighted by molar-refractivity contribution is 0.201. The largest absolute Gasteiger partial charge is 0.389 e. The first-order valence-corrected chi connectivity index (χ1v) is 13.0. The van der Waals surface area contributed by atoms with Crippen LogP contribution in [0.5, 0.6) is 0 Å². The first-order valence-electron chi connectivity index (χ1n) is 13.0. The van der Waals surface area contributed by atoms with Gasteiger partial charge in [0.05, 0.1) is 23.7 Å². The summed E-state index contributed by atoms with van der Waals surface area (Å²) in [6.45, 7) is 11.5. The smallest absolute Gasteiger partial charge is 0.160 e. The number of nitrogens with zero attached hydrogens (tertiary/aromatic N) is 5. The Morgan fingerprint density at radius 1 is 1.08 bits per heavy atom. The number of hydrogen-bond donors (Lipinski definition) is 3. The van der Waals surface area contributed by atoms with Crippen LogP contribution in [-0.2, 0) is 0 Å².